The molecule has 3 aromatic rings. The average molecular weight is 373 g/mol. The smallest absolute Gasteiger partial charge is 0.209 e. The summed E-state index contributed by atoms with van der Waals surface area (Å²) in [7, 11) is 0. The van der Waals surface area contributed by atoms with E-state index in [1.165, 1.54) is 16.9 Å². The first kappa shape index (κ1) is 14.9. The number of phenolic OH excluding ortho intramolecular Hbond substituents is 1. The summed E-state index contributed by atoms with van der Waals surface area (Å²) in [6, 6.07) is 13.5. The van der Waals surface area contributed by atoms with Gasteiger partial charge >= 0.3 is 0 Å². The van der Waals surface area contributed by atoms with Crippen molar-refractivity contribution in [3.05, 3.63) is 63.4 Å². The maximum absolute atomic E-state index is 9.79. The summed E-state index contributed by atoms with van der Waals surface area (Å²) >= 11 is 4.85. The van der Waals surface area contributed by atoms with Crippen LogP contribution in [0.15, 0.2) is 57.3 Å². The van der Waals surface area contributed by atoms with Gasteiger partial charge in [-0.3, -0.25) is 0 Å². The molecule has 3 nitrogen and oxygen atoms in total. The first-order valence-electron chi connectivity index (χ1n) is 6.67. The first-order chi connectivity index (χ1) is 10.6. The van der Waals surface area contributed by atoms with E-state index in [0.29, 0.717) is 10.7 Å². The predicted octanol–water partition coefficient (Wildman–Crippen LogP) is 5.34. The van der Waals surface area contributed by atoms with Crippen molar-refractivity contribution in [1.82, 2.24) is 4.98 Å². The van der Waals surface area contributed by atoms with Gasteiger partial charge in [-0.15, -0.1) is 11.3 Å². The van der Waals surface area contributed by atoms with E-state index in [1.807, 2.05) is 11.4 Å². The molecule has 110 valence electrons. The number of nitrogens with zero attached hydrogens (tertiary/aromatic N) is 2. The van der Waals surface area contributed by atoms with Crippen molar-refractivity contribution < 1.29 is 5.11 Å². The Hall–Kier alpha value is -1.98. The monoisotopic (exact) mass is 372 g/mol. The zero-order valence-electron chi connectivity index (χ0n) is 11.8. The molecule has 0 aliphatic rings. The Morgan fingerprint density at radius 1 is 1.18 bits per heavy atom. The van der Waals surface area contributed by atoms with Crippen LogP contribution in [0.3, 0.4) is 0 Å². The molecule has 5 heteroatoms. The number of aryl methyl sites for hydroxylation is 1. The van der Waals surface area contributed by atoms with Crippen LogP contribution in [-0.2, 0) is 0 Å². The number of thiazole rings is 1. The molecular formula is C17H13BrN2OS. The number of aromatic hydroxyl groups is 1. The van der Waals surface area contributed by atoms with E-state index in [1.54, 1.807) is 18.3 Å². The summed E-state index contributed by atoms with van der Waals surface area (Å²) in [6.45, 7) is 2.06. The molecule has 0 saturated heterocycles. The highest BCUT2D eigenvalue weighted by Crippen LogP contribution is 2.27. The molecule has 3 rings (SSSR count). The van der Waals surface area contributed by atoms with Crippen LogP contribution in [0, 0.1) is 6.92 Å². The van der Waals surface area contributed by atoms with Gasteiger partial charge in [-0.2, -0.15) is 0 Å². The minimum Gasteiger partial charge on any atom is -0.507 e. The van der Waals surface area contributed by atoms with E-state index in [-0.39, 0.29) is 5.75 Å². The zero-order valence-corrected chi connectivity index (χ0v) is 14.2. The normalized spacial score (nSPS) is 11.2. The van der Waals surface area contributed by atoms with Crippen LogP contribution >= 0.6 is 27.3 Å². The highest BCUT2D eigenvalue weighted by atomic mass is 79.9. The summed E-state index contributed by atoms with van der Waals surface area (Å²) in [5, 5.41) is 12.4. The third kappa shape index (κ3) is 3.43. The second-order valence-corrected chi connectivity index (χ2v) is 6.59. The van der Waals surface area contributed by atoms with Gasteiger partial charge < -0.3 is 5.11 Å². The summed E-state index contributed by atoms with van der Waals surface area (Å²) in [6.07, 6.45) is 1.62. The Kier molecular flexibility index (Phi) is 4.36. The number of aromatic nitrogens is 1. The van der Waals surface area contributed by atoms with Crippen LogP contribution in [0.2, 0.25) is 0 Å². The van der Waals surface area contributed by atoms with Crippen LogP contribution in [0.4, 0.5) is 5.13 Å². The van der Waals surface area contributed by atoms with Crippen molar-refractivity contribution in [2.75, 3.05) is 0 Å². The van der Waals surface area contributed by atoms with E-state index >= 15 is 0 Å². The fourth-order valence-corrected chi connectivity index (χ4v) is 2.98. The molecule has 0 saturated carbocycles. The van der Waals surface area contributed by atoms with E-state index < -0.39 is 0 Å². The fraction of sp³-hybridized carbons (Fsp3) is 0.0588. The van der Waals surface area contributed by atoms with Crippen molar-refractivity contribution in [1.29, 1.82) is 0 Å². The molecule has 0 radical (unpaired) electrons. The Bertz CT molecular complexity index is 825. The molecular weight excluding hydrogens is 360 g/mol. The van der Waals surface area contributed by atoms with Gasteiger partial charge in [0.25, 0.3) is 0 Å². The molecule has 2 aromatic carbocycles. The molecule has 1 heterocycles. The van der Waals surface area contributed by atoms with Gasteiger partial charge in [-0.1, -0.05) is 45.8 Å². The standard InChI is InChI=1S/C17H13BrN2OS/c1-11-2-4-12(5-3-11)15-10-22-17(20-15)19-9-13-8-14(18)6-7-16(13)21/h2-10,21H,1H3. The Morgan fingerprint density at radius 2 is 1.95 bits per heavy atom. The summed E-state index contributed by atoms with van der Waals surface area (Å²) < 4.78 is 0.895. The quantitative estimate of drug-likeness (QED) is 0.630. The molecule has 0 aliphatic carbocycles. The van der Waals surface area contributed by atoms with Gasteiger partial charge in [0, 0.05) is 27.2 Å². The number of hydrogen-bond donors (Lipinski definition) is 1. The lowest BCUT2D eigenvalue weighted by molar-refractivity contribution is 0.474. The summed E-state index contributed by atoms with van der Waals surface area (Å²) in [5.74, 6) is 0.197. The SMILES string of the molecule is Cc1ccc(-c2csc(N=Cc3cc(Br)ccc3O)n2)cc1. The Labute approximate surface area is 141 Å². The van der Waals surface area contributed by atoms with Crippen LogP contribution in [-0.4, -0.2) is 16.3 Å². The predicted molar refractivity (Wildman–Crippen MR) is 95.3 cm³/mol. The molecule has 1 N–H and O–H groups in total. The minimum atomic E-state index is 0.197. The van der Waals surface area contributed by atoms with Crippen molar-refractivity contribution >= 4 is 38.6 Å². The third-order valence-electron chi connectivity index (χ3n) is 3.14. The molecule has 0 atom stereocenters. The lowest BCUT2D eigenvalue weighted by Gasteiger charge is -1.98. The van der Waals surface area contributed by atoms with E-state index in [2.05, 4.69) is 57.1 Å². The van der Waals surface area contributed by atoms with Crippen LogP contribution in [0.25, 0.3) is 11.3 Å². The highest BCUT2D eigenvalue weighted by Gasteiger charge is 2.04. The first-order valence-corrected chi connectivity index (χ1v) is 8.34. The minimum absolute atomic E-state index is 0.197. The van der Waals surface area contributed by atoms with Gasteiger partial charge in [0.15, 0.2) is 0 Å². The summed E-state index contributed by atoms with van der Waals surface area (Å²) in [5.41, 5.74) is 3.87. The van der Waals surface area contributed by atoms with Gasteiger partial charge in [-0.05, 0) is 25.1 Å². The van der Waals surface area contributed by atoms with E-state index in [4.69, 9.17) is 0 Å². The van der Waals surface area contributed by atoms with Gasteiger partial charge in [-0.25, -0.2) is 9.98 Å². The molecule has 0 bridgehead atoms. The van der Waals surface area contributed by atoms with E-state index in [9.17, 15) is 5.11 Å². The molecule has 0 aliphatic heterocycles. The lowest BCUT2D eigenvalue weighted by atomic mass is 10.1. The second kappa shape index (κ2) is 6.42. The van der Waals surface area contributed by atoms with Gasteiger partial charge in [0.05, 0.1) is 5.69 Å². The molecule has 1 aromatic heterocycles. The molecule has 0 unspecified atom stereocenters. The lowest BCUT2D eigenvalue weighted by Crippen LogP contribution is -1.82. The maximum atomic E-state index is 9.79. The van der Waals surface area contributed by atoms with Crippen molar-refractivity contribution in [3.8, 4) is 17.0 Å². The van der Waals surface area contributed by atoms with Crippen molar-refractivity contribution in [3.63, 3.8) is 0 Å². The Morgan fingerprint density at radius 3 is 2.73 bits per heavy atom. The van der Waals surface area contributed by atoms with Gasteiger partial charge in [0.1, 0.15) is 5.75 Å². The molecule has 0 spiro atoms. The fourth-order valence-electron chi connectivity index (χ4n) is 1.93. The largest absolute Gasteiger partial charge is 0.507 e. The summed E-state index contributed by atoms with van der Waals surface area (Å²) in [4.78, 5) is 8.85. The Balaban J connectivity index is 1.83. The van der Waals surface area contributed by atoms with Gasteiger partial charge in [0.2, 0.25) is 5.13 Å². The van der Waals surface area contributed by atoms with Crippen molar-refractivity contribution in [2.24, 2.45) is 4.99 Å². The zero-order chi connectivity index (χ0) is 15.5. The molecule has 22 heavy (non-hydrogen) atoms. The topological polar surface area (TPSA) is 45.5 Å². The number of benzene rings is 2. The van der Waals surface area contributed by atoms with Crippen molar-refractivity contribution in [2.45, 2.75) is 6.92 Å². The molecule has 0 fully saturated rings. The van der Waals surface area contributed by atoms with Crippen LogP contribution < -0.4 is 0 Å². The number of hydrogen-bond acceptors (Lipinski definition) is 4. The highest BCUT2D eigenvalue weighted by molar-refractivity contribution is 9.10. The number of phenols is 1. The number of halogens is 1. The third-order valence-corrected chi connectivity index (χ3v) is 4.38. The average Bonchev–Trinajstić information content (AvgIpc) is 2.98. The van der Waals surface area contributed by atoms with Crippen LogP contribution in [0.5, 0.6) is 5.75 Å². The maximum Gasteiger partial charge on any atom is 0.209 e. The number of aliphatic imine (C=N–C) groups is 1. The molecule has 0 amide bonds. The van der Waals surface area contributed by atoms with E-state index in [0.717, 1.165) is 15.7 Å². The second-order valence-electron chi connectivity index (χ2n) is 4.84. The van der Waals surface area contributed by atoms with Crippen LogP contribution in [0.1, 0.15) is 11.1 Å². The number of rotatable bonds is 3.